The molecule has 0 aliphatic heterocycles. The number of fused-ring (bicyclic) bond motifs is 8. The quantitative estimate of drug-likeness (QED) is 0.177. The third-order valence-electron chi connectivity index (χ3n) is 13.6. The van der Waals surface area contributed by atoms with Gasteiger partial charge < -0.3 is 9.13 Å². The summed E-state index contributed by atoms with van der Waals surface area (Å²) in [5.41, 5.74) is 31.1. The number of nitrogens with zero attached hydrogens (tertiary/aromatic N) is 4. The van der Waals surface area contributed by atoms with E-state index in [9.17, 15) is 0 Å². The molecule has 0 unspecified atom stereocenters. The first-order valence-electron chi connectivity index (χ1n) is 19.3. The first-order chi connectivity index (χ1) is 25.6. The van der Waals surface area contributed by atoms with Crippen molar-refractivity contribution in [2.24, 2.45) is 0 Å². The van der Waals surface area contributed by atoms with Gasteiger partial charge in [-0.3, -0.25) is 0 Å². The van der Waals surface area contributed by atoms with Crippen molar-refractivity contribution in [2.75, 3.05) is 0 Å². The lowest BCUT2D eigenvalue weighted by atomic mass is 9.77. The number of imidazole rings is 2. The summed E-state index contributed by atoms with van der Waals surface area (Å²) in [6.45, 7) is 29.9. The van der Waals surface area contributed by atoms with Crippen LogP contribution in [-0.4, -0.2) is 19.1 Å². The van der Waals surface area contributed by atoms with Crippen LogP contribution in [-0.2, 0) is 38.8 Å². The predicted octanol–water partition coefficient (Wildman–Crippen LogP) is 12.1. The molecule has 8 bridgehead atoms. The molecule has 0 amide bonds. The minimum absolute atomic E-state index is 0.813. The van der Waals surface area contributed by atoms with Crippen molar-refractivity contribution < 1.29 is 0 Å². The molecular formula is C48H54Br2N4. The van der Waals surface area contributed by atoms with Gasteiger partial charge in [0.25, 0.3) is 0 Å². The van der Waals surface area contributed by atoms with E-state index < -0.39 is 0 Å². The molecule has 4 aromatic carbocycles. The lowest BCUT2D eigenvalue weighted by molar-refractivity contribution is 0.778. The lowest BCUT2D eigenvalue weighted by Gasteiger charge is -2.29. The number of hydrogen-bond acceptors (Lipinski definition) is 2. The molecule has 7 rings (SSSR count). The van der Waals surface area contributed by atoms with Gasteiger partial charge in [-0.2, -0.15) is 0 Å². The maximum absolute atomic E-state index is 4.41. The maximum Gasteiger partial charge on any atom is 0.0949 e. The summed E-state index contributed by atoms with van der Waals surface area (Å²) in [6, 6.07) is 0. The largest absolute Gasteiger partial charge is 0.333 e. The van der Waals surface area contributed by atoms with E-state index in [1.54, 1.807) is 0 Å². The van der Waals surface area contributed by atoms with Crippen molar-refractivity contribution in [3.8, 4) is 0 Å². The van der Waals surface area contributed by atoms with Crippen LogP contribution in [0.1, 0.15) is 122 Å². The molecule has 2 aromatic heterocycles. The highest BCUT2D eigenvalue weighted by Crippen LogP contribution is 2.42. The number of hydrogen-bond donors (Lipinski definition) is 0. The van der Waals surface area contributed by atoms with Gasteiger partial charge in [-0.25, -0.2) is 9.97 Å². The Balaban J connectivity index is 1.58. The molecule has 0 saturated heterocycles. The van der Waals surface area contributed by atoms with Crippen molar-refractivity contribution >= 4 is 31.9 Å². The van der Waals surface area contributed by atoms with Gasteiger partial charge in [-0.15, -0.1) is 0 Å². The highest BCUT2D eigenvalue weighted by atomic mass is 79.9. The molecule has 0 radical (unpaired) electrons. The van der Waals surface area contributed by atoms with Crippen molar-refractivity contribution in [2.45, 2.75) is 122 Å². The van der Waals surface area contributed by atoms with E-state index in [0.717, 1.165) is 38.8 Å². The molecule has 0 atom stereocenters. The van der Waals surface area contributed by atoms with E-state index in [1.807, 2.05) is 25.0 Å². The van der Waals surface area contributed by atoms with Crippen LogP contribution in [0.5, 0.6) is 0 Å². The summed E-state index contributed by atoms with van der Waals surface area (Å²) >= 11 is 8.28. The molecule has 6 heteroatoms. The Morgan fingerprint density at radius 1 is 0.389 bits per heavy atom. The third kappa shape index (κ3) is 6.35. The molecule has 6 aromatic rings. The predicted molar refractivity (Wildman–Crippen MR) is 232 cm³/mol. The zero-order chi connectivity index (χ0) is 38.9. The lowest BCUT2D eigenvalue weighted by Crippen LogP contribution is -2.16. The van der Waals surface area contributed by atoms with Gasteiger partial charge in [0, 0.05) is 46.8 Å². The molecule has 0 spiro atoms. The van der Waals surface area contributed by atoms with Crippen molar-refractivity contribution in [1.29, 1.82) is 0 Å². The van der Waals surface area contributed by atoms with Gasteiger partial charge in [0.15, 0.2) is 0 Å². The van der Waals surface area contributed by atoms with E-state index in [-0.39, 0.29) is 0 Å². The summed E-state index contributed by atoms with van der Waals surface area (Å²) in [4.78, 5) is 8.82. The third-order valence-corrected chi connectivity index (χ3v) is 16.0. The van der Waals surface area contributed by atoms with Crippen LogP contribution in [0.2, 0.25) is 0 Å². The Morgan fingerprint density at radius 3 is 0.852 bits per heavy atom. The van der Waals surface area contributed by atoms with Gasteiger partial charge in [-0.05, 0) is 231 Å². The van der Waals surface area contributed by atoms with Gasteiger partial charge in [0.1, 0.15) is 0 Å². The van der Waals surface area contributed by atoms with Crippen molar-refractivity contribution in [3.05, 3.63) is 169 Å². The summed E-state index contributed by atoms with van der Waals surface area (Å²) in [5.74, 6) is 0. The Bertz CT molecular complexity index is 2170. The van der Waals surface area contributed by atoms with Gasteiger partial charge >= 0.3 is 0 Å². The normalized spacial score (nSPS) is 12.9. The number of halogens is 2. The average Bonchev–Trinajstić information content (AvgIpc) is 3.87. The molecule has 0 fully saturated rings. The van der Waals surface area contributed by atoms with Crippen molar-refractivity contribution in [1.82, 2.24) is 19.1 Å². The standard InChI is InChI=1S/C48H54Br2N4/c1-25-37-17-41-27(3)43(35(11)47(49)33(41)9)19-39-26(2)40(32(8)46(31(39)7)22-54-16-14-52-24-54)20-44-28(4)42(34(10)48(50)36(44)12)18-38(25)30(6)45(29(37)5)21-53-15-13-51-23-53/h13-16,23-24H,17-22H2,1-12H3. The molecule has 4 nitrogen and oxygen atoms in total. The average molecular weight is 847 g/mol. The zero-order valence-corrected chi connectivity index (χ0v) is 37.4. The highest BCUT2D eigenvalue weighted by Gasteiger charge is 2.27. The molecule has 0 saturated carbocycles. The van der Waals surface area contributed by atoms with Crippen LogP contribution < -0.4 is 0 Å². The van der Waals surface area contributed by atoms with Crippen LogP contribution in [0.15, 0.2) is 46.4 Å². The number of benzene rings is 4. The minimum atomic E-state index is 0.813. The molecule has 0 N–H and O–H groups in total. The molecule has 1 aliphatic rings. The summed E-state index contributed by atoms with van der Waals surface area (Å²) in [7, 11) is 0. The van der Waals surface area contributed by atoms with Crippen LogP contribution >= 0.6 is 31.9 Å². The first-order valence-corrected chi connectivity index (χ1v) is 20.9. The second-order valence-electron chi connectivity index (χ2n) is 16.1. The zero-order valence-electron chi connectivity index (χ0n) is 34.3. The fourth-order valence-electron chi connectivity index (χ4n) is 9.79. The molecule has 2 heterocycles. The highest BCUT2D eigenvalue weighted by molar-refractivity contribution is 9.10. The van der Waals surface area contributed by atoms with E-state index in [1.165, 1.54) is 131 Å². The topological polar surface area (TPSA) is 35.6 Å². The number of aromatic nitrogens is 4. The summed E-state index contributed by atoms with van der Waals surface area (Å²) in [6.07, 6.45) is 15.5. The first kappa shape index (κ1) is 38.5. The smallest absolute Gasteiger partial charge is 0.0949 e. The van der Waals surface area contributed by atoms with Gasteiger partial charge in [0.2, 0.25) is 0 Å². The summed E-state index contributed by atoms with van der Waals surface area (Å²) in [5, 5.41) is 0. The second kappa shape index (κ2) is 14.7. The molecule has 1 aliphatic carbocycles. The SMILES string of the molecule is Cc1c(Br)c(C)c2c(C)c1Cc1c(C)c(c(C)c(Cn3ccnc3)c1C)Cc1c(C)c(Br)c(C)c(c1C)Cc1c(C)c(c(C)c(Cn3ccnc3)c1C)C2. The molecule has 280 valence electrons. The van der Waals surface area contributed by atoms with Gasteiger partial charge in [0.05, 0.1) is 12.7 Å². The Kier molecular flexibility index (Phi) is 10.5. The van der Waals surface area contributed by atoms with Gasteiger partial charge in [-0.1, -0.05) is 31.9 Å². The van der Waals surface area contributed by atoms with E-state index in [2.05, 4.69) is 146 Å². The summed E-state index contributed by atoms with van der Waals surface area (Å²) < 4.78 is 6.92. The Morgan fingerprint density at radius 2 is 0.630 bits per heavy atom. The maximum atomic E-state index is 4.41. The van der Waals surface area contributed by atoms with Crippen LogP contribution in [0.25, 0.3) is 0 Å². The number of rotatable bonds is 4. The second-order valence-corrected chi connectivity index (χ2v) is 17.7. The molecular weight excluding hydrogens is 792 g/mol. The van der Waals surface area contributed by atoms with E-state index >= 15 is 0 Å². The van der Waals surface area contributed by atoms with Crippen molar-refractivity contribution in [3.63, 3.8) is 0 Å². The van der Waals surface area contributed by atoms with Crippen LogP contribution in [0.3, 0.4) is 0 Å². The Hall–Kier alpha value is -3.74. The molecule has 54 heavy (non-hydrogen) atoms. The van der Waals surface area contributed by atoms with E-state index in [4.69, 9.17) is 0 Å². The van der Waals surface area contributed by atoms with Crippen LogP contribution in [0, 0.1) is 83.1 Å². The Labute approximate surface area is 339 Å². The van der Waals surface area contributed by atoms with Crippen LogP contribution in [0.4, 0.5) is 0 Å². The minimum Gasteiger partial charge on any atom is -0.333 e. The monoisotopic (exact) mass is 844 g/mol. The fourth-order valence-corrected chi connectivity index (χ4v) is 10.7. The fraction of sp³-hybridized carbons (Fsp3) is 0.375. The van der Waals surface area contributed by atoms with E-state index in [0.29, 0.717) is 0 Å².